The van der Waals surface area contributed by atoms with Gasteiger partial charge in [0.1, 0.15) is 0 Å². The molecule has 0 aromatic carbocycles. The number of aromatic amines is 1. The van der Waals surface area contributed by atoms with Crippen molar-refractivity contribution in [2.75, 3.05) is 0 Å². The second-order valence-corrected chi connectivity index (χ2v) is 3.49. The summed E-state index contributed by atoms with van der Waals surface area (Å²) < 4.78 is 1.88. The molecule has 2 heterocycles. The van der Waals surface area contributed by atoms with Gasteiger partial charge < -0.3 is 14.7 Å². The van der Waals surface area contributed by atoms with Crippen molar-refractivity contribution in [3.05, 3.63) is 35.8 Å². The molecule has 2 rings (SSSR count). The number of aromatic carboxylic acids is 1. The molecule has 0 atom stereocenters. The van der Waals surface area contributed by atoms with Gasteiger partial charge in [0.2, 0.25) is 0 Å². The Hall–Kier alpha value is -1.97. The molecule has 0 unspecified atom stereocenters. The Morgan fingerprint density at radius 3 is 2.73 bits per heavy atom. The summed E-state index contributed by atoms with van der Waals surface area (Å²) in [6, 6.07) is 3.61. The quantitative estimate of drug-likeness (QED) is 0.786. The van der Waals surface area contributed by atoms with Crippen LogP contribution in [-0.2, 0) is 7.05 Å². The minimum atomic E-state index is -0.884. The van der Waals surface area contributed by atoms with E-state index in [0.717, 1.165) is 17.0 Å². The zero-order valence-corrected chi connectivity index (χ0v) is 8.61. The number of rotatable bonds is 2. The number of carbonyl (C=O) groups is 1. The highest BCUT2D eigenvalue weighted by Crippen LogP contribution is 2.24. The zero-order valence-electron chi connectivity index (χ0n) is 8.61. The molecule has 0 saturated heterocycles. The number of H-pyrrole nitrogens is 1. The van der Waals surface area contributed by atoms with Gasteiger partial charge in [0.05, 0.1) is 11.3 Å². The van der Waals surface area contributed by atoms with Gasteiger partial charge in [0, 0.05) is 30.7 Å². The molecule has 0 aliphatic heterocycles. The van der Waals surface area contributed by atoms with E-state index < -0.39 is 5.97 Å². The first kappa shape index (κ1) is 9.58. The first-order valence-corrected chi connectivity index (χ1v) is 4.64. The van der Waals surface area contributed by atoms with Crippen LogP contribution >= 0.6 is 0 Å². The Kier molecular flexibility index (Phi) is 2.11. The molecule has 0 aliphatic rings. The maximum Gasteiger partial charge on any atom is 0.337 e. The van der Waals surface area contributed by atoms with Gasteiger partial charge in [-0.15, -0.1) is 0 Å². The summed E-state index contributed by atoms with van der Waals surface area (Å²) in [6.07, 6.45) is 3.67. The molecule has 4 heteroatoms. The molecule has 2 aromatic heterocycles. The van der Waals surface area contributed by atoms with E-state index in [9.17, 15) is 4.79 Å². The standard InChI is InChI=1S/C11H12N2O2/c1-7-9(11(14)15)5-10(13(7)2)8-3-4-12-6-8/h3-6,12H,1-2H3,(H,14,15). The lowest BCUT2D eigenvalue weighted by Gasteiger charge is -2.02. The van der Waals surface area contributed by atoms with E-state index in [0.29, 0.717) is 5.56 Å². The summed E-state index contributed by atoms with van der Waals surface area (Å²) in [5, 5.41) is 8.98. The van der Waals surface area contributed by atoms with Crippen LogP contribution in [0.15, 0.2) is 24.5 Å². The lowest BCUT2D eigenvalue weighted by atomic mass is 10.2. The van der Waals surface area contributed by atoms with Crippen molar-refractivity contribution in [2.45, 2.75) is 6.92 Å². The van der Waals surface area contributed by atoms with E-state index in [4.69, 9.17) is 5.11 Å². The monoisotopic (exact) mass is 204 g/mol. The summed E-state index contributed by atoms with van der Waals surface area (Å²) >= 11 is 0. The van der Waals surface area contributed by atoms with E-state index in [1.165, 1.54) is 0 Å². The molecule has 15 heavy (non-hydrogen) atoms. The Morgan fingerprint density at radius 2 is 2.27 bits per heavy atom. The molecule has 0 aliphatic carbocycles. The van der Waals surface area contributed by atoms with Crippen LogP contribution in [0.3, 0.4) is 0 Å². The highest BCUT2D eigenvalue weighted by atomic mass is 16.4. The fraction of sp³-hybridized carbons (Fsp3) is 0.182. The van der Waals surface area contributed by atoms with Crippen LogP contribution in [0, 0.1) is 6.92 Å². The first-order valence-electron chi connectivity index (χ1n) is 4.64. The fourth-order valence-corrected chi connectivity index (χ4v) is 1.68. The van der Waals surface area contributed by atoms with Gasteiger partial charge in [0.25, 0.3) is 0 Å². The molecule has 0 amide bonds. The molecule has 0 saturated carbocycles. The fourth-order valence-electron chi connectivity index (χ4n) is 1.68. The van der Waals surface area contributed by atoms with Crippen LogP contribution in [0.25, 0.3) is 11.3 Å². The molecule has 0 bridgehead atoms. The predicted molar refractivity (Wildman–Crippen MR) is 56.9 cm³/mol. The number of hydrogen-bond donors (Lipinski definition) is 2. The summed E-state index contributed by atoms with van der Waals surface area (Å²) in [4.78, 5) is 13.9. The Balaban J connectivity index is 2.60. The molecule has 78 valence electrons. The van der Waals surface area contributed by atoms with Crippen molar-refractivity contribution in [2.24, 2.45) is 7.05 Å². The van der Waals surface area contributed by atoms with Crippen molar-refractivity contribution in [1.29, 1.82) is 0 Å². The summed E-state index contributed by atoms with van der Waals surface area (Å²) in [5.41, 5.74) is 3.02. The first-order chi connectivity index (χ1) is 7.11. The Labute approximate surface area is 87.2 Å². The lowest BCUT2D eigenvalue weighted by Crippen LogP contribution is -1.99. The third-order valence-corrected chi connectivity index (χ3v) is 2.66. The number of aromatic nitrogens is 2. The average molecular weight is 204 g/mol. The van der Waals surface area contributed by atoms with Gasteiger partial charge in [0.15, 0.2) is 0 Å². The normalized spacial score (nSPS) is 10.5. The summed E-state index contributed by atoms with van der Waals surface area (Å²) in [7, 11) is 1.87. The van der Waals surface area contributed by atoms with E-state index in [1.54, 1.807) is 13.0 Å². The summed E-state index contributed by atoms with van der Waals surface area (Å²) in [5.74, 6) is -0.884. The molecular weight excluding hydrogens is 192 g/mol. The highest BCUT2D eigenvalue weighted by molar-refractivity contribution is 5.91. The van der Waals surface area contributed by atoms with Crippen molar-refractivity contribution < 1.29 is 9.90 Å². The maximum atomic E-state index is 10.9. The minimum Gasteiger partial charge on any atom is -0.478 e. The van der Waals surface area contributed by atoms with Crippen LogP contribution in [-0.4, -0.2) is 20.6 Å². The second kappa shape index (κ2) is 3.31. The molecule has 2 N–H and O–H groups in total. The third kappa shape index (κ3) is 1.44. The van der Waals surface area contributed by atoms with Crippen LogP contribution in [0.5, 0.6) is 0 Å². The highest BCUT2D eigenvalue weighted by Gasteiger charge is 2.15. The zero-order chi connectivity index (χ0) is 11.0. The Morgan fingerprint density at radius 1 is 1.53 bits per heavy atom. The van der Waals surface area contributed by atoms with Crippen LogP contribution in [0.1, 0.15) is 16.1 Å². The molecule has 0 fully saturated rings. The molecule has 0 spiro atoms. The van der Waals surface area contributed by atoms with Crippen molar-refractivity contribution in [1.82, 2.24) is 9.55 Å². The Bertz CT molecular complexity index is 495. The van der Waals surface area contributed by atoms with Crippen molar-refractivity contribution in [3.63, 3.8) is 0 Å². The van der Waals surface area contributed by atoms with Gasteiger partial charge in [-0.3, -0.25) is 0 Å². The number of carboxylic acids is 1. The number of nitrogens with zero attached hydrogens (tertiary/aromatic N) is 1. The van der Waals surface area contributed by atoms with Crippen molar-refractivity contribution in [3.8, 4) is 11.3 Å². The molecule has 4 nitrogen and oxygen atoms in total. The van der Waals surface area contributed by atoms with Gasteiger partial charge >= 0.3 is 5.97 Å². The number of nitrogens with one attached hydrogen (secondary N) is 1. The van der Waals surface area contributed by atoms with E-state index in [-0.39, 0.29) is 0 Å². The number of hydrogen-bond acceptors (Lipinski definition) is 1. The van der Waals surface area contributed by atoms with Gasteiger partial charge in [-0.25, -0.2) is 4.79 Å². The third-order valence-electron chi connectivity index (χ3n) is 2.66. The number of carboxylic acid groups (broad SMARTS) is 1. The molecular formula is C11H12N2O2. The van der Waals surface area contributed by atoms with Crippen LogP contribution in [0.4, 0.5) is 0 Å². The van der Waals surface area contributed by atoms with Gasteiger partial charge in [-0.05, 0) is 19.1 Å². The summed E-state index contributed by atoms with van der Waals surface area (Å²) in [6.45, 7) is 1.81. The topological polar surface area (TPSA) is 58.0 Å². The van der Waals surface area contributed by atoms with E-state index >= 15 is 0 Å². The van der Waals surface area contributed by atoms with Gasteiger partial charge in [-0.1, -0.05) is 0 Å². The van der Waals surface area contributed by atoms with E-state index in [2.05, 4.69) is 4.98 Å². The average Bonchev–Trinajstić information content (AvgIpc) is 2.77. The molecule has 2 aromatic rings. The maximum absolute atomic E-state index is 10.9. The largest absolute Gasteiger partial charge is 0.478 e. The SMILES string of the molecule is Cc1c(C(=O)O)cc(-c2cc[nH]c2)n1C. The van der Waals surface area contributed by atoms with Crippen LogP contribution < -0.4 is 0 Å². The van der Waals surface area contributed by atoms with Crippen molar-refractivity contribution >= 4 is 5.97 Å². The van der Waals surface area contributed by atoms with Crippen LogP contribution in [0.2, 0.25) is 0 Å². The predicted octanol–water partition coefficient (Wildman–Crippen LogP) is 2.03. The second-order valence-electron chi connectivity index (χ2n) is 3.49. The minimum absolute atomic E-state index is 0.355. The molecule has 0 radical (unpaired) electrons. The van der Waals surface area contributed by atoms with E-state index in [1.807, 2.05) is 30.1 Å². The smallest absolute Gasteiger partial charge is 0.337 e. The lowest BCUT2D eigenvalue weighted by molar-refractivity contribution is 0.0696. The van der Waals surface area contributed by atoms with Gasteiger partial charge in [-0.2, -0.15) is 0 Å².